The van der Waals surface area contributed by atoms with Crippen molar-refractivity contribution >= 4 is 11.8 Å². The van der Waals surface area contributed by atoms with Crippen LogP contribution in [0.15, 0.2) is 42.5 Å². The first-order valence-electron chi connectivity index (χ1n) is 11.6. The van der Waals surface area contributed by atoms with E-state index >= 15 is 0 Å². The van der Waals surface area contributed by atoms with Gasteiger partial charge < -0.3 is 20.3 Å². The SMILES string of the molecule is C=C(C)CNC(=O)c1ccc(-c2cc(C(=O)NC3CC3)cc(F)c2C)c(OCCCN(C)C)c1. The minimum atomic E-state index is -0.458. The van der Waals surface area contributed by atoms with E-state index in [0.717, 1.165) is 31.4 Å². The molecule has 0 heterocycles. The van der Waals surface area contributed by atoms with Gasteiger partial charge in [-0.2, -0.15) is 0 Å². The van der Waals surface area contributed by atoms with Gasteiger partial charge in [0.1, 0.15) is 11.6 Å². The molecular formula is C27H34FN3O3. The highest BCUT2D eigenvalue weighted by atomic mass is 19.1. The Hall–Kier alpha value is -3.19. The zero-order valence-corrected chi connectivity index (χ0v) is 20.5. The third kappa shape index (κ3) is 6.90. The molecule has 1 saturated carbocycles. The fourth-order valence-electron chi connectivity index (χ4n) is 3.49. The molecule has 1 aliphatic carbocycles. The van der Waals surface area contributed by atoms with Gasteiger partial charge in [-0.3, -0.25) is 9.59 Å². The number of rotatable bonds is 11. The Kier molecular flexibility index (Phi) is 8.45. The molecule has 0 bridgehead atoms. The number of nitrogens with one attached hydrogen (secondary N) is 2. The van der Waals surface area contributed by atoms with Crippen molar-refractivity contribution in [3.05, 3.63) is 65.0 Å². The molecule has 1 fully saturated rings. The van der Waals surface area contributed by atoms with E-state index in [4.69, 9.17) is 4.74 Å². The number of benzene rings is 2. The maximum absolute atomic E-state index is 14.9. The van der Waals surface area contributed by atoms with Crippen molar-refractivity contribution in [3.63, 3.8) is 0 Å². The lowest BCUT2D eigenvalue weighted by molar-refractivity contribution is 0.0945. The third-order valence-corrected chi connectivity index (χ3v) is 5.61. The van der Waals surface area contributed by atoms with Crippen LogP contribution in [0.4, 0.5) is 4.39 Å². The molecule has 0 aliphatic heterocycles. The first-order valence-corrected chi connectivity index (χ1v) is 11.6. The summed E-state index contributed by atoms with van der Waals surface area (Å²) >= 11 is 0. The summed E-state index contributed by atoms with van der Waals surface area (Å²) in [5, 5.41) is 5.73. The van der Waals surface area contributed by atoms with Crippen molar-refractivity contribution in [1.29, 1.82) is 0 Å². The molecule has 182 valence electrons. The summed E-state index contributed by atoms with van der Waals surface area (Å²) in [4.78, 5) is 27.3. The van der Waals surface area contributed by atoms with Gasteiger partial charge in [-0.25, -0.2) is 4.39 Å². The highest BCUT2D eigenvalue weighted by Crippen LogP contribution is 2.35. The van der Waals surface area contributed by atoms with Gasteiger partial charge >= 0.3 is 0 Å². The van der Waals surface area contributed by atoms with Crippen molar-refractivity contribution < 1.29 is 18.7 Å². The van der Waals surface area contributed by atoms with Crippen molar-refractivity contribution in [2.75, 3.05) is 33.8 Å². The molecule has 2 aromatic rings. The summed E-state index contributed by atoms with van der Waals surface area (Å²) in [6.45, 7) is 8.98. The average molecular weight is 468 g/mol. The Labute approximate surface area is 201 Å². The molecule has 0 radical (unpaired) electrons. The standard InChI is InChI=1S/C27H34FN3O3/c1-17(2)16-29-26(32)19-7-10-22(25(15-19)34-12-6-11-31(4)5)23-13-20(14-24(28)18(23)3)27(33)30-21-8-9-21/h7,10,13-15,21H,1,6,8-9,11-12,16H2,2-5H3,(H,29,32)(H,30,33). The second-order valence-electron chi connectivity index (χ2n) is 9.23. The lowest BCUT2D eigenvalue weighted by Gasteiger charge is -2.17. The molecule has 34 heavy (non-hydrogen) atoms. The summed E-state index contributed by atoms with van der Waals surface area (Å²) < 4.78 is 20.9. The minimum absolute atomic E-state index is 0.174. The van der Waals surface area contributed by atoms with E-state index in [1.807, 2.05) is 21.0 Å². The largest absolute Gasteiger partial charge is 0.493 e. The van der Waals surface area contributed by atoms with Crippen LogP contribution in [0.2, 0.25) is 0 Å². The fourth-order valence-corrected chi connectivity index (χ4v) is 3.49. The summed E-state index contributed by atoms with van der Waals surface area (Å²) in [6.07, 6.45) is 2.69. The number of carbonyl (C=O) groups is 2. The number of amides is 2. The van der Waals surface area contributed by atoms with Gasteiger partial charge in [-0.1, -0.05) is 12.2 Å². The highest BCUT2D eigenvalue weighted by molar-refractivity contribution is 5.98. The van der Waals surface area contributed by atoms with Crippen molar-refractivity contribution in [2.45, 2.75) is 39.2 Å². The Morgan fingerprint density at radius 3 is 2.50 bits per heavy atom. The number of ether oxygens (including phenoxy) is 1. The predicted octanol–water partition coefficient (Wildman–Crippen LogP) is 4.33. The quantitative estimate of drug-likeness (QED) is 0.381. The molecule has 0 aromatic heterocycles. The number of nitrogens with zero attached hydrogens (tertiary/aromatic N) is 1. The van der Waals surface area contributed by atoms with Gasteiger partial charge in [0.25, 0.3) is 11.8 Å². The topological polar surface area (TPSA) is 70.7 Å². The van der Waals surface area contributed by atoms with Gasteiger partial charge in [0, 0.05) is 35.8 Å². The first-order chi connectivity index (χ1) is 16.2. The second-order valence-corrected chi connectivity index (χ2v) is 9.23. The Morgan fingerprint density at radius 2 is 1.85 bits per heavy atom. The highest BCUT2D eigenvalue weighted by Gasteiger charge is 2.25. The number of carbonyl (C=O) groups excluding carboxylic acids is 2. The number of halogens is 1. The van der Waals surface area contributed by atoms with E-state index < -0.39 is 5.82 Å². The molecule has 2 N–H and O–H groups in total. The Bertz CT molecular complexity index is 1080. The molecule has 3 rings (SSSR count). The Balaban J connectivity index is 1.95. The van der Waals surface area contributed by atoms with Gasteiger partial charge in [0.15, 0.2) is 0 Å². The zero-order valence-electron chi connectivity index (χ0n) is 20.5. The molecule has 2 amide bonds. The second kappa shape index (κ2) is 11.3. The molecule has 7 heteroatoms. The summed E-state index contributed by atoms with van der Waals surface area (Å²) in [7, 11) is 3.98. The summed E-state index contributed by atoms with van der Waals surface area (Å²) in [5.74, 6) is -0.510. The minimum Gasteiger partial charge on any atom is -0.493 e. The molecule has 0 spiro atoms. The van der Waals surface area contributed by atoms with Crippen LogP contribution in [-0.2, 0) is 0 Å². The molecule has 0 saturated heterocycles. The Morgan fingerprint density at radius 1 is 1.12 bits per heavy atom. The maximum Gasteiger partial charge on any atom is 0.251 e. The van der Waals surface area contributed by atoms with E-state index in [9.17, 15) is 14.0 Å². The zero-order chi connectivity index (χ0) is 24.8. The van der Waals surface area contributed by atoms with Crippen molar-refractivity contribution in [2.24, 2.45) is 0 Å². The molecule has 0 unspecified atom stereocenters. The summed E-state index contributed by atoms with van der Waals surface area (Å²) in [5.41, 5.74) is 3.18. The van der Waals surface area contributed by atoms with Crippen LogP contribution < -0.4 is 15.4 Å². The van der Waals surface area contributed by atoms with Crippen LogP contribution in [0.1, 0.15) is 52.5 Å². The van der Waals surface area contributed by atoms with Crippen LogP contribution in [0.5, 0.6) is 5.75 Å². The monoisotopic (exact) mass is 467 g/mol. The van der Waals surface area contributed by atoms with Crippen LogP contribution in [-0.4, -0.2) is 56.5 Å². The molecule has 0 atom stereocenters. The van der Waals surface area contributed by atoms with Gasteiger partial charge in [-0.05, 0) is 88.7 Å². The van der Waals surface area contributed by atoms with Gasteiger partial charge in [0.05, 0.1) is 6.61 Å². The van der Waals surface area contributed by atoms with Crippen LogP contribution in [0.25, 0.3) is 11.1 Å². The maximum atomic E-state index is 14.9. The smallest absolute Gasteiger partial charge is 0.251 e. The molecule has 6 nitrogen and oxygen atoms in total. The predicted molar refractivity (Wildman–Crippen MR) is 133 cm³/mol. The molecule has 2 aromatic carbocycles. The van der Waals surface area contributed by atoms with Crippen LogP contribution in [0.3, 0.4) is 0 Å². The van der Waals surface area contributed by atoms with Gasteiger partial charge in [-0.15, -0.1) is 0 Å². The first kappa shape index (κ1) is 25.4. The summed E-state index contributed by atoms with van der Waals surface area (Å²) in [6, 6.07) is 8.25. The van der Waals surface area contributed by atoms with E-state index in [1.165, 1.54) is 6.07 Å². The van der Waals surface area contributed by atoms with E-state index in [1.54, 1.807) is 31.2 Å². The number of hydrogen-bond acceptors (Lipinski definition) is 4. The average Bonchev–Trinajstić information content (AvgIpc) is 3.60. The molecular weight excluding hydrogens is 433 g/mol. The van der Waals surface area contributed by atoms with Gasteiger partial charge in [0.2, 0.25) is 0 Å². The lowest BCUT2D eigenvalue weighted by atomic mass is 9.95. The van der Waals surface area contributed by atoms with E-state index in [2.05, 4.69) is 22.1 Å². The van der Waals surface area contributed by atoms with Crippen LogP contribution >= 0.6 is 0 Å². The number of hydrogen-bond donors (Lipinski definition) is 2. The van der Waals surface area contributed by atoms with Crippen molar-refractivity contribution in [1.82, 2.24) is 15.5 Å². The third-order valence-electron chi connectivity index (χ3n) is 5.61. The van der Waals surface area contributed by atoms with E-state index in [0.29, 0.717) is 41.2 Å². The fraction of sp³-hybridized carbons (Fsp3) is 0.407. The van der Waals surface area contributed by atoms with E-state index in [-0.39, 0.29) is 23.4 Å². The molecule has 1 aliphatic rings. The van der Waals surface area contributed by atoms with Crippen LogP contribution in [0, 0.1) is 12.7 Å². The van der Waals surface area contributed by atoms with Crippen molar-refractivity contribution in [3.8, 4) is 16.9 Å². The normalized spacial score (nSPS) is 13.0. The lowest BCUT2D eigenvalue weighted by Crippen LogP contribution is -2.25.